The molecule has 0 aliphatic rings. The van der Waals surface area contributed by atoms with Gasteiger partial charge in [-0.05, 0) is 13.8 Å². The van der Waals surface area contributed by atoms with Crippen molar-refractivity contribution in [3.63, 3.8) is 0 Å². The standard InChI is InChI=1S/C20H20N2O2/c1-15-6-10-17(11-7-15)21(23)19-4-3-5-20(14-19)22(24)18-12-8-16(2)9-13-18/h3-14,21-22H,1-2H3. The van der Waals surface area contributed by atoms with Crippen molar-refractivity contribution in [2.75, 3.05) is 0 Å². The molecule has 4 nitrogen and oxygen atoms in total. The first-order valence-corrected chi connectivity index (χ1v) is 7.87. The fourth-order valence-corrected chi connectivity index (χ4v) is 2.54. The van der Waals surface area contributed by atoms with Crippen molar-refractivity contribution >= 4 is 22.7 Å². The highest BCUT2D eigenvalue weighted by Crippen LogP contribution is 2.14. The first-order valence-electron chi connectivity index (χ1n) is 7.87. The SMILES string of the molecule is Cc1ccc([NH+]([O-])c2cccc([NH+]([O-])c3ccc(C)cc3)c2)cc1. The molecule has 3 aromatic carbocycles. The van der Waals surface area contributed by atoms with Gasteiger partial charge < -0.3 is 20.5 Å². The maximum atomic E-state index is 12.6. The van der Waals surface area contributed by atoms with Crippen molar-refractivity contribution in [3.8, 4) is 0 Å². The quantitative estimate of drug-likeness (QED) is 0.726. The average molecular weight is 320 g/mol. The average Bonchev–Trinajstić information content (AvgIpc) is 2.62. The van der Waals surface area contributed by atoms with Crippen LogP contribution in [0.25, 0.3) is 0 Å². The number of rotatable bonds is 4. The summed E-state index contributed by atoms with van der Waals surface area (Å²) in [4.78, 5) is 0. The van der Waals surface area contributed by atoms with Crippen LogP contribution >= 0.6 is 0 Å². The van der Waals surface area contributed by atoms with Crippen LogP contribution in [0, 0.1) is 24.3 Å². The first kappa shape index (κ1) is 16.4. The topological polar surface area (TPSA) is 55.0 Å². The lowest BCUT2D eigenvalue weighted by molar-refractivity contribution is -0.705. The Balaban J connectivity index is 1.88. The summed E-state index contributed by atoms with van der Waals surface area (Å²) in [5.41, 5.74) is 4.51. The lowest BCUT2D eigenvalue weighted by atomic mass is 10.2. The van der Waals surface area contributed by atoms with Gasteiger partial charge in [0, 0.05) is 36.4 Å². The Labute approximate surface area is 141 Å². The molecular weight excluding hydrogens is 300 g/mol. The molecule has 0 spiro atoms. The molecule has 4 heteroatoms. The van der Waals surface area contributed by atoms with Crippen molar-refractivity contribution < 1.29 is 10.1 Å². The maximum Gasteiger partial charge on any atom is 0.142 e. The fraction of sp³-hybridized carbons (Fsp3) is 0.100. The van der Waals surface area contributed by atoms with Crippen molar-refractivity contribution in [1.82, 2.24) is 0 Å². The molecule has 0 bridgehead atoms. The summed E-state index contributed by atoms with van der Waals surface area (Å²) in [5, 5.41) is 25.1. The molecule has 0 heterocycles. The minimum absolute atomic E-state index is 0.0754. The summed E-state index contributed by atoms with van der Waals surface area (Å²) in [6, 6.07) is 21.8. The number of hydrogen-bond acceptors (Lipinski definition) is 2. The summed E-state index contributed by atoms with van der Waals surface area (Å²) < 4.78 is 0. The predicted molar refractivity (Wildman–Crippen MR) is 96.1 cm³/mol. The summed E-state index contributed by atoms with van der Waals surface area (Å²) in [5.74, 6) is 0. The molecule has 2 unspecified atom stereocenters. The number of quaternary nitrogens is 2. The van der Waals surface area contributed by atoms with E-state index < -0.39 is 0 Å². The van der Waals surface area contributed by atoms with Gasteiger partial charge in [-0.2, -0.15) is 0 Å². The second-order valence-corrected chi connectivity index (χ2v) is 5.97. The van der Waals surface area contributed by atoms with Crippen LogP contribution in [0.2, 0.25) is 0 Å². The predicted octanol–water partition coefficient (Wildman–Crippen LogP) is 3.00. The Morgan fingerprint density at radius 3 is 1.29 bits per heavy atom. The van der Waals surface area contributed by atoms with E-state index >= 15 is 0 Å². The van der Waals surface area contributed by atoms with E-state index in [9.17, 15) is 10.4 Å². The molecule has 2 atom stereocenters. The van der Waals surface area contributed by atoms with Crippen LogP contribution in [0.4, 0.5) is 22.7 Å². The lowest BCUT2D eigenvalue weighted by Crippen LogP contribution is -2.98. The fourth-order valence-electron chi connectivity index (χ4n) is 2.54. The van der Waals surface area contributed by atoms with Gasteiger partial charge in [-0.1, -0.05) is 41.5 Å². The molecule has 0 fully saturated rings. The molecule has 122 valence electrons. The third-order valence-corrected chi connectivity index (χ3v) is 4.01. The van der Waals surface area contributed by atoms with Crippen LogP contribution in [0.15, 0.2) is 72.8 Å². The van der Waals surface area contributed by atoms with E-state index in [2.05, 4.69) is 0 Å². The van der Waals surface area contributed by atoms with Crippen molar-refractivity contribution in [1.29, 1.82) is 0 Å². The van der Waals surface area contributed by atoms with E-state index in [1.807, 2.05) is 62.4 Å². The summed E-state index contributed by atoms with van der Waals surface area (Å²) in [6.45, 7) is 3.96. The molecule has 0 amide bonds. The van der Waals surface area contributed by atoms with Crippen LogP contribution in [0.1, 0.15) is 11.1 Å². The van der Waals surface area contributed by atoms with Crippen LogP contribution in [-0.4, -0.2) is 0 Å². The number of nitrogens with one attached hydrogen (secondary N) is 2. The van der Waals surface area contributed by atoms with Gasteiger partial charge >= 0.3 is 0 Å². The molecule has 0 aliphatic heterocycles. The minimum atomic E-state index is -0.0754. The van der Waals surface area contributed by atoms with Crippen LogP contribution in [0.3, 0.4) is 0 Å². The zero-order valence-electron chi connectivity index (χ0n) is 13.7. The van der Waals surface area contributed by atoms with Gasteiger partial charge in [-0.25, -0.2) is 0 Å². The second-order valence-electron chi connectivity index (χ2n) is 5.97. The van der Waals surface area contributed by atoms with E-state index in [4.69, 9.17) is 0 Å². The monoisotopic (exact) mass is 320 g/mol. The highest BCUT2D eigenvalue weighted by Gasteiger charge is 2.12. The smallest absolute Gasteiger partial charge is 0.142 e. The molecule has 3 rings (SSSR count). The van der Waals surface area contributed by atoms with Gasteiger partial charge in [0.1, 0.15) is 22.7 Å². The van der Waals surface area contributed by atoms with Crippen LogP contribution < -0.4 is 10.1 Å². The van der Waals surface area contributed by atoms with Crippen molar-refractivity contribution in [3.05, 3.63) is 94.3 Å². The zero-order chi connectivity index (χ0) is 17.1. The Bertz CT molecular complexity index is 747. The van der Waals surface area contributed by atoms with E-state index in [-0.39, 0.29) is 10.1 Å². The highest BCUT2D eigenvalue weighted by atomic mass is 16.5. The Morgan fingerprint density at radius 2 is 0.917 bits per heavy atom. The van der Waals surface area contributed by atoms with Gasteiger partial charge in [-0.3, -0.25) is 0 Å². The molecule has 0 saturated carbocycles. The summed E-state index contributed by atoms with van der Waals surface area (Å²) >= 11 is 0. The first-order chi connectivity index (χ1) is 11.5. The zero-order valence-corrected chi connectivity index (χ0v) is 13.7. The van der Waals surface area contributed by atoms with Crippen LogP contribution in [0.5, 0.6) is 0 Å². The maximum absolute atomic E-state index is 12.6. The number of aryl methyl sites for hydroxylation is 2. The van der Waals surface area contributed by atoms with E-state index in [1.165, 1.54) is 0 Å². The Morgan fingerprint density at radius 1 is 0.542 bits per heavy atom. The summed E-state index contributed by atoms with van der Waals surface area (Å²) in [6.07, 6.45) is 0. The molecule has 24 heavy (non-hydrogen) atoms. The lowest BCUT2D eigenvalue weighted by Gasteiger charge is -2.25. The van der Waals surface area contributed by atoms with Crippen molar-refractivity contribution in [2.24, 2.45) is 0 Å². The second kappa shape index (κ2) is 6.95. The van der Waals surface area contributed by atoms with Gasteiger partial charge in [-0.15, -0.1) is 0 Å². The molecule has 0 radical (unpaired) electrons. The molecular formula is C20H20N2O2. The van der Waals surface area contributed by atoms with Gasteiger partial charge in [0.15, 0.2) is 0 Å². The van der Waals surface area contributed by atoms with Crippen molar-refractivity contribution in [2.45, 2.75) is 13.8 Å². The van der Waals surface area contributed by atoms with E-state index in [0.717, 1.165) is 11.1 Å². The molecule has 3 aromatic rings. The van der Waals surface area contributed by atoms with Crippen LogP contribution in [-0.2, 0) is 0 Å². The third-order valence-electron chi connectivity index (χ3n) is 4.01. The third kappa shape index (κ3) is 3.53. The Kier molecular flexibility index (Phi) is 4.74. The molecule has 2 N–H and O–H groups in total. The van der Waals surface area contributed by atoms with Gasteiger partial charge in [0.05, 0.1) is 6.07 Å². The van der Waals surface area contributed by atoms with E-state index in [0.29, 0.717) is 22.7 Å². The normalized spacial score (nSPS) is 13.5. The highest BCUT2D eigenvalue weighted by molar-refractivity contribution is 5.47. The molecule has 0 aromatic heterocycles. The largest absolute Gasteiger partial charge is 0.623 e. The molecule has 0 saturated heterocycles. The van der Waals surface area contributed by atoms with E-state index in [1.54, 1.807) is 24.3 Å². The van der Waals surface area contributed by atoms with Gasteiger partial charge in [0.2, 0.25) is 0 Å². The summed E-state index contributed by atoms with van der Waals surface area (Å²) in [7, 11) is 0. The molecule has 0 aliphatic carbocycles. The Hall–Kier alpha value is -2.50. The number of benzene rings is 3. The van der Waals surface area contributed by atoms with Gasteiger partial charge in [0.25, 0.3) is 0 Å². The number of hydrogen-bond donors (Lipinski definition) is 2. The minimum Gasteiger partial charge on any atom is -0.623 e.